The molecular weight excluding hydrogens is 106 g/mol. The highest BCUT2D eigenvalue weighted by atomic mass is 16.5. The van der Waals surface area contributed by atoms with Crippen molar-refractivity contribution in [2.75, 3.05) is 13.2 Å². The van der Waals surface area contributed by atoms with Crippen LogP contribution in [0, 0.1) is 5.92 Å². The molecule has 3 N–H and O–H groups in total. The van der Waals surface area contributed by atoms with Gasteiger partial charge in [-0.1, -0.05) is 0 Å². The number of aliphatic hydroxyl groups excluding tert-OH is 1. The number of aliphatic hydroxyl groups is 1. The van der Waals surface area contributed by atoms with Crippen molar-refractivity contribution >= 4 is 0 Å². The quantitative estimate of drug-likeness (QED) is 0.446. The van der Waals surface area contributed by atoms with Crippen molar-refractivity contribution < 1.29 is 9.84 Å². The maximum atomic E-state index is 8.75. The number of nitrogens with two attached hydrogens (primary N) is 1. The molecule has 0 spiro atoms. The minimum Gasteiger partial charge on any atom is -0.381 e. The molecule has 0 bridgehead atoms. The number of hydrogen-bond acceptors (Lipinski definition) is 3. The van der Waals surface area contributed by atoms with Gasteiger partial charge < -0.3 is 15.6 Å². The monoisotopic (exact) mass is 117 g/mol. The SMILES string of the molecule is NC(O)C1CCOC1. The number of rotatable bonds is 1. The van der Waals surface area contributed by atoms with Crippen LogP contribution >= 0.6 is 0 Å². The molecule has 0 radical (unpaired) electrons. The molecule has 1 saturated heterocycles. The molecule has 2 atom stereocenters. The summed E-state index contributed by atoms with van der Waals surface area (Å²) in [5.41, 5.74) is 5.17. The Hall–Kier alpha value is -0.120. The molecule has 0 saturated carbocycles. The third kappa shape index (κ3) is 1.18. The molecule has 1 rings (SSSR count). The van der Waals surface area contributed by atoms with Crippen LogP contribution in [0.15, 0.2) is 0 Å². The lowest BCUT2D eigenvalue weighted by atomic mass is 10.1. The summed E-state index contributed by atoms with van der Waals surface area (Å²) in [5.74, 6) is 0.176. The fourth-order valence-corrected chi connectivity index (χ4v) is 0.822. The van der Waals surface area contributed by atoms with Crippen LogP contribution in [-0.4, -0.2) is 24.5 Å². The van der Waals surface area contributed by atoms with E-state index in [9.17, 15) is 0 Å². The molecule has 0 aromatic rings. The Morgan fingerprint density at radius 1 is 1.75 bits per heavy atom. The molecule has 1 fully saturated rings. The zero-order valence-electron chi connectivity index (χ0n) is 4.71. The van der Waals surface area contributed by atoms with Crippen LogP contribution in [0.1, 0.15) is 6.42 Å². The van der Waals surface area contributed by atoms with E-state index in [2.05, 4.69) is 0 Å². The second kappa shape index (κ2) is 2.44. The average Bonchev–Trinajstić information content (AvgIpc) is 2.12. The zero-order valence-corrected chi connectivity index (χ0v) is 4.71. The topological polar surface area (TPSA) is 55.5 Å². The third-order valence-corrected chi connectivity index (χ3v) is 1.45. The van der Waals surface area contributed by atoms with E-state index in [-0.39, 0.29) is 5.92 Å². The lowest BCUT2D eigenvalue weighted by molar-refractivity contribution is 0.0967. The van der Waals surface area contributed by atoms with E-state index in [1.165, 1.54) is 0 Å². The largest absolute Gasteiger partial charge is 0.381 e. The van der Waals surface area contributed by atoms with Crippen molar-refractivity contribution in [1.82, 2.24) is 0 Å². The number of ether oxygens (including phenoxy) is 1. The third-order valence-electron chi connectivity index (χ3n) is 1.45. The van der Waals surface area contributed by atoms with E-state index in [1.54, 1.807) is 0 Å². The van der Waals surface area contributed by atoms with Gasteiger partial charge in [0.1, 0.15) is 6.23 Å². The summed E-state index contributed by atoms with van der Waals surface area (Å²) in [4.78, 5) is 0. The van der Waals surface area contributed by atoms with Crippen molar-refractivity contribution in [1.29, 1.82) is 0 Å². The van der Waals surface area contributed by atoms with E-state index >= 15 is 0 Å². The smallest absolute Gasteiger partial charge is 0.107 e. The normalized spacial score (nSPS) is 33.0. The first kappa shape index (κ1) is 6.01. The van der Waals surface area contributed by atoms with Gasteiger partial charge in [0.05, 0.1) is 6.61 Å². The van der Waals surface area contributed by atoms with E-state index < -0.39 is 6.23 Å². The van der Waals surface area contributed by atoms with E-state index in [4.69, 9.17) is 15.6 Å². The second-order valence-electron chi connectivity index (χ2n) is 2.11. The van der Waals surface area contributed by atoms with Crippen LogP contribution < -0.4 is 5.73 Å². The maximum Gasteiger partial charge on any atom is 0.107 e. The summed E-state index contributed by atoms with van der Waals surface area (Å²) in [6.07, 6.45) is 0.218. The molecule has 8 heavy (non-hydrogen) atoms. The molecule has 1 aliphatic rings. The van der Waals surface area contributed by atoms with Gasteiger partial charge in [0.25, 0.3) is 0 Å². The Bertz CT molecular complexity index is 68.8. The van der Waals surface area contributed by atoms with Crippen LogP contribution in [0.4, 0.5) is 0 Å². The zero-order chi connectivity index (χ0) is 5.98. The van der Waals surface area contributed by atoms with Gasteiger partial charge in [-0.3, -0.25) is 0 Å². The summed E-state index contributed by atoms with van der Waals surface area (Å²) < 4.78 is 4.98. The lowest BCUT2D eigenvalue weighted by Gasteiger charge is -2.08. The van der Waals surface area contributed by atoms with Gasteiger partial charge in [0.2, 0.25) is 0 Å². The van der Waals surface area contributed by atoms with Crippen molar-refractivity contribution in [3.63, 3.8) is 0 Å². The minimum atomic E-state index is -0.683. The molecule has 3 heteroatoms. The van der Waals surface area contributed by atoms with Crippen molar-refractivity contribution in [2.45, 2.75) is 12.6 Å². The Kier molecular flexibility index (Phi) is 1.83. The predicted molar refractivity (Wildman–Crippen MR) is 29.1 cm³/mol. The first-order valence-electron chi connectivity index (χ1n) is 2.82. The molecule has 0 aromatic carbocycles. The summed E-state index contributed by atoms with van der Waals surface area (Å²) in [6.45, 7) is 1.37. The van der Waals surface area contributed by atoms with Crippen LogP contribution in [-0.2, 0) is 4.74 Å². The van der Waals surface area contributed by atoms with Gasteiger partial charge >= 0.3 is 0 Å². The van der Waals surface area contributed by atoms with Gasteiger partial charge in [-0.05, 0) is 6.42 Å². The van der Waals surface area contributed by atoms with Crippen LogP contribution in [0.3, 0.4) is 0 Å². The van der Waals surface area contributed by atoms with Gasteiger partial charge in [-0.15, -0.1) is 0 Å². The van der Waals surface area contributed by atoms with E-state index in [0.29, 0.717) is 6.61 Å². The summed E-state index contributed by atoms with van der Waals surface area (Å²) in [6, 6.07) is 0. The van der Waals surface area contributed by atoms with E-state index in [0.717, 1.165) is 13.0 Å². The molecule has 2 unspecified atom stereocenters. The molecule has 48 valence electrons. The molecule has 1 aliphatic heterocycles. The highest BCUT2D eigenvalue weighted by molar-refractivity contribution is 4.67. The van der Waals surface area contributed by atoms with E-state index in [1.807, 2.05) is 0 Å². The highest BCUT2D eigenvalue weighted by Gasteiger charge is 2.20. The predicted octanol–water partition coefficient (Wildman–Crippen LogP) is -0.700. The standard InChI is InChI=1S/C5H11NO2/c6-5(7)4-1-2-8-3-4/h4-5,7H,1-3,6H2. The fraction of sp³-hybridized carbons (Fsp3) is 1.00. The van der Waals surface area contributed by atoms with Crippen LogP contribution in [0.25, 0.3) is 0 Å². The van der Waals surface area contributed by atoms with Gasteiger partial charge in [0.15, 0.2) is 0 Å². The molecule has 1 heterocycles. The first-order chi connectivity index (χ1) is 3.80. The van der Waals surface area contributed by atoms with Crippen molar-refractivity contribution in [3.8, 4) is 0 Å². The Morgan fingerprint density at radius 2 is 2.50 bits per heavy atom. The first-order valence-corrected chi connectivity index (χ1v) is 2.82. The molecular formula is C5H11NO2. The van der Waals surface area contributed by atoms with Gasteiger partial charge in [-0.2, -0.15) is 0 Å². The van der Waals surface area contributed by atoms with Gasteiger partial charge in [0, 0.05) is 12.5 Å². The molecule has 0 amide bonds. The van der Waals surface area contributed by atoms with Crippen molar-refractivity contribution in [2.24, 2.45) is 11.7 Å². The van der Waals surface area contributed by atoms with Crippen LogP contribution in [0.5, 0.6) is 0 Å². The fourth-order valence-electron chi connectivity index (χ4n) is 0.822. The van der Waals surface area contributed by atoms with Crippen molar-refractivity contribution in [3.05, 3.63) is 0 Å². The van der Waals surface area contributed by atoms with Gasteiger partial charge in [-0.25, -0.2) is 0 Å². The highest BCUT2D eigenvalue weighted by Crippen LogP contribution is 2.12. The summed E-state index contributed by atoms with van der Waals surface area (Å²) in [5, 5.41) is 8.75. The summed E-state index contributed by atoms with van der Waals surface area (Å²) >= 11 is 0. The molecule has 0 aliphatic carbocycles. The molecule has 0 aromatic heterocycles. The Balaban J connectivity index is 2.24. The lowest BCUT2D eigenvalue weighted by Crippen LogP contribution is -2.29. The number of hydrogen-bond donors (Lipinski definition) is 2. The van der Waals surface area contributed by atoms with Crippen LogP contribution in [0.2, 0.25) is 0 Å². The minimum absolute atomic E-state index is 0.176. The Labute approximate surface area is 48.4 Å². The molecule has 3 nitrogen and oxygen atoms in total. The Morgan fingerprint density at radius 3 is 2.75 bits per heavy atom. The second-order valence-corrected chi connectivity index (χ2v) is 2.11. The average molecular weight is 117 g/mol. The maximum absolute atomic E-state index is 8.75. The summed E-state index contributed by atoms with van der Waals surface area (Å²) in [7, 11) is 0.